The molecule has 1 saturated heterocycles. The minimum absolute atomic E-state index is 0.564. The second-order valence-corrected chi connectivity index (χ2v) is 4.53. The second kappa shape index (κ2) is 3.81. The fraction of sp³-hybridized carbons (Fsp3) is 0.455. The Balaban J connectivity index is 2.32. The predicted molar refractivity (Wildman–Crippen MR) is 58.9 cm³/mol. The Labute approximate surface area is 87.7 Å². The number of nitrogens with one attached hydrogen (secondary N) is 1. The zero-order valence-corrected chi connectivity index (χ0v) is 9.39. The second-order valence-electron chi connectivity index (χ2n) is 3.67. The van der Waals surface area contributed by atoms with Crippen molar-refractivity contribution < 1.29 is 0 Å². The van der Waals surface area contributed by atoms with Crippen LogP contribution in [0.25, 0.3) is 0 Å². The predicted octanol–water partition coefficient (Wildman–Crippen LogP) is 3.18. The first kappa shape index (κ1) is 9.22. The molecule has 1 aromatic carbocycles. The van der Waals surface area contributed by atoms with Gasteiger partial charge in [-0.05, 0) is 37.9 Å². The van der Waals surface area contributed by atoms with Gasteiger partial charge < -0.3 is 5.32 Å². The molecule has 0 bridgehead atoms. The van der Waals surface area contributed by atoms with Gasteiger partial charge in [0.1, 0.15) is 0 Å². The Morgan fingerprint density at radius 2 is 2.31 bits per heavy atom. The van der Waals surface area contributed by atoms with Gasteiger partial charge in [-0.2, -0.15) is 0 Å². The first-order valence-electron chi connectivity index (χ1n) is 4.77. The lowest BCUT2D eigenvalue weighted by molar-refractivity contribution is 0.644. The number of hydrogen-bond donors (Lipinski definition) is 1. The monoisotopic (exact) mass is 239 g/mol. The van der Waals surface area contributed by atoms with Crippen molar-refractivity contribution in [3.05, 3.63) is 33.8 Å². The first-order valence-corrected chi connectivity index (χ1v) is 5.56. The summed E-state index contributed by atoms with van der Waals surface area (Å²) < 4.78 is 1.23. The van der Waals surface area contributed by atoms with Crippen molar-refractivity contribution in [3.8, 4) is 0 Å². The van der Waals surface area contributed by atoms with Crippen molar-refractivity contribution >= 4 is 15.9 Å². The van der Waals surface area contributed by atoms with Gasteiger partial charge in [-0.3, -0.25) is 0 Å². The Morgan fingerprint density at radius 1 is 1.46 bits per heavy atom. The van der Waals surface area contributed by atoms with Crippen LogP contribution in [0.4, 0.5) is 0 Å². The smallest absolute Gasteiger partial charge is 0.0332 e. The maximum atomic E-state index is 3.60. The molecule has 1 fully saturated rings. The van der Waals surface area contributed by atoms with Crippen LogP contribution >= 0.6 is 15.9 Å². The van der Waals surface area contributed by atoms with Gasteiger partial charge >= 0.3 is 0 Å². The average molecular weight is 240 g/mol. The van der Waals surface area contributed by atoms with Crippen LogP contribution in [0.15, 0.2) is 22.7 Å². The van der Waals surface area contributed by atoms with Crippen LogP contribution in [-0.4, -0.2) is 6.54 Å². The molecule has 0 spiro atoms. The van der Waals surface area contributed by atoms with Gasteiger partial charge in [0.15, 0.2) is 0 Å². The van der Waals surface area contributed by atoms with Crippen molar-refractivity contribution in [3.63, 3.8) is 0 Å². The molecule has 1 atom stereocenters. The largest absolute Gasteiger partial charge is 0.310 e. The summed E-state index contributed by atoms with van der Waals surface area (Å²) in [5.74, 6) is 0. The minimum atomic E-state index is 0.564. The summed E-state index contributed by atoms with van der Waals surface area (Å²) in [6.45, 7) is 3.30. The van der Waals surface area contributed by atoms with Crippen molar-refractivity contribution in [2.24, 2.45) is 0 Å². The third kappa shape index (κ3) is 1.94. The number of benzene rings is 1. The quantitative estimate of drug-likeness (QED) is 0.794. The van der Waals surface area contributed by atoms with E-state index in [0.29, 0.717) is 6.04 Å². The van der Waals surface area contributed by atoms with Crippen LogP contribution in [0.1, 0.15) is 30.0 Å². The van der Waals surface area contributed by atoms with Crippen LogP contribution in [0.2, 0.25) is 0 Å². The molecule has 1 aliphatic heterocycles. The van der Waals surface area contributed by atoms with E-state index in [1.165, 1.54) is 28.4 Å². The van der Waals surface area contributed by atoms with E-state index in [4.69, 9.17) is 0 Å². The SMILES string of the molecule is Cc1ccc(Br)c([C@@H]2CCCN2)c1. The maximum absolute atomic E-state index is 3.60. The summed E-state index contributed by atoms with van der Waals surface area (Å²) in [4.78, 5) is 0. The standard InChI is InChI=1S/C11H14BrN/c1-8-4-5-10(12)9(7-8)11-3-2-6-13-11/h4-5,7,11,13H,2-3,6H2,1H3/t11-/m0/s1. The van der Waals surface area contributed by atoms with Gasteiger partial charge in [-0.25, -0.2) is 0 Å². The molecule has 70 valence electrons. The lowest BCUT2D eigenvalue weighted by Crippen LogP contribution is -2.13. The topological polar surface area (TPSA) is 12.0 Å². The van der Waals surface area contributed by atoms with Crippen LogP contribution in [-0.2, 0) is 0 Å². The average Bonchev–Trinajstić information content (AvgIpc) is 2.61. The highest BCUT2D eigenvalue weighted by Gasteiger charge is 2.18. The molecule has 0 unspecified atom stereocenters. The molecule has 0 aliphatic carbocycles. The molecular formula is C11H14BrN. The number of halogens is 1. The van der Waals surface area contributed by atoms with Crippen LogP contribution in [0.5, 0.6) is 0 Å². The van der Waals surface area contributed by atoms with Crippen LogP contribution < -0.4 is 5.32 Å². The first-order chi connectivity index (χ1) is 6.27. The fourth-order valence-electron chi connectivity index (χ4n) is 1.88. The molecule has 1 heterocycles. The van der Waals surface area contributed by atoms with E-state index in [1.807, 2.05) is 0 Å². The third-order valence-electron chi connectivity index (χ3n) is 2.59. The van der Waals surface area contributed by atoms with E-state index < -0.39 is 0 Å². The molecular weight excluding hydrogens is 226 g/mol. The van der Waals surface area contributed by atoms with E-state index in [-0.39, 0.29) is 0 Å². The Bertz CT molecular complexity index is 303. The minimum Gasteiger partial charge on any atom is -0.310 e. The lowest BCUT2D eigenvalue weighted by atomic mass is 10.0. The van der Waals surface area contributed by atoms with Gasteiger partial charge in [-0.1, -0.05) is 33.6 Å². The van der Waals surface area contributed by atoms with Crippen molar-refractivity contribution in [2.75, 3.05) is 6.54 Å². The van der Waals surface area contributed by atoms with E-state index in [1.54, 1.807) is 0 Å². The lowest BCUT2D eigenvalue weighted by Gasteiger charge is -2.13. The van der Waals surface area contributed by atoms with Gasteiger partial charge in [-0.15, -0.1) is 0 Å². The molecule has 13 heavy (non-hydrogen) atoms. The summed E-state index contributed by atoms with van der Waals surface area (Å²) in [5.41, 5.74) is 2.75. The van der Waals surface area contributed by atoms with Gasteiger partial charge in [0, 0.05) is 10.5 Å². The summed E-state index contributed by atoms with van der Waals surface area (Å²) >= 11 is 3.60. The maximum Gasteiger partial charge on any atom is 0.0332 e. The van der Waals surface area contributed by atoms with Crippen LogP contribution in [0.3, 0.4) is 0 Å². The number of hydrogen-bond acceptors (Lipinski definition) is 1. The van der Waals surface area contributed by atoms with Gasteiger partial charge in [0.2, 0.25) is 0 Å². The fourth-order valence-corrected chi connectivity index (χ4v) is 2.40. The van der Waals surface area contributed by atoms with Crippen LogP contribution in [0, 0.1) is 6.92 Å². The Kier molecular flexibility index (Phi) is 2.70. The highest BCUT2D eigenvalue weighted by molar-refractivity contribution is 9.10. The molecule has 1 N–H and O–H groups in total. The van der Waals surface area contributed by atoms with E-state index in [2.05, 4.69) is 46.4 Å². The molecule has 0 aromatic heterocycles. The molecule has 1 aromatic rings. The Hall–Kier alpha value is -0.340. The van der Waals surface area contributed by atoms with E-state index in [0.717, 1.165) is 6.54 Å². The van der Waals surface area contributed by atoms with Crippen molar-refractivity contribution in [1.29, 1.82) is 0 Å². The van der Waals surface area contributed by atoms with E-state index in [9.17, 15) is 0 Å². The van der Waals surface area contributed by atoms with Gasteiger partial charge in [0.05, 0.1) is 0 Å². The highest BCUT2D eigenvalue weighted by Crippen LogP contribution is 2.29. The summed E-state index contributed by atoms with van der Waals surface area (Å²) in [7, 11) is 0. The number of rotatable bonds is 1. The summed E-state index contributed by atoms with van der Waals surface area (Å²) in [6, 6.07) is 7.12. The molecule has 2 rings (SSSR count). The summed E-state index contributed by atoms with van der Waals surface area (Å²) in [6.07, 6.45) is 2.56. The Morgan fingerprint density at radius 3 is 3.00 bits per heavy atom. The summed E-state index contributed by atoms with van der Waals surface area (Å²) in [5, 5.41) is 3.51. The molecule has 1 aliphatic rings. The normalized spacial score (nSPS) is 22.2. The number of aryl methyl sites for hydroxylation is 1. The molecule has 0 amide bonds. The van der Waals surface area contributed by atoms with Crippen molar-refractivity contribution in [1.82, 2.24) is 5.32 Å². The molecule has 1 nitrogen and oxygen atoms in total. The van der Waals surface area contributed by atoms with Crippen molar-refractivity contribution in [2.45, 2.75) is 25.8 Å². The zero-order valence-electron chi connectivity index (χ0n) is 7.81. The highest BCUT2D eigenvalue weighted by atomic mass is 79.9. The van der Waals surface area contributed by atoms with Gasteiger partial charge in [0.25, 0.3) is 0 Å². The molecule has 0 saturated carbocycles. The molecule has 0 radical (unpaired) electrons. The zero-order chi connectivity index (χ0) is 9.26. The molecule has 2 heteroatoms. The van der Waals surface area contributed by atoms with E-state index >= 15 is 0 Å². The third-order valence-corrected chi connectivity index (χ3v) is 3.31.